The maximum atomic E-state index is 5.13. The lowest BCUT2D eigenvalue weighted by Gasteiger charge is -2.22. The van der Waals surface area contributed by atoms with Crippen LogP contribution in [0.4, 0.5) is 0 Å². The molecule has 3 rings (SSSR count). The summed E-state index contributed by atoms with van der Waals surface area (Å²) in [5, 5.41) is 7.23. The van der Waals surface area contributed by atoms with Crippen LogP contribution in [0.2, 0.25) is 0 Å². The number of guanidine groups is 1. The Balaban J connectivity index is 0.00000176. The number of hydrogen-bond donors (Lipinski definition) is 1. The van der Waals surface area contributed by atoms with Gasteiger partial charge in [-0.3, -0.25) is 4.99 Å². The van der Waals surface area contributed by atoms with E-state index >= 15 is 0 Å². The number of nitrogens with one attached hydrogen (secondary N) is 1. The van der Waals surface area contributed by atoms with Gasteiger partial charge in [-0.2, -0.15) is 4.98 Å². The molecule has 0 radical (unpaired) electrons. The highest BCUT2D eigenvalue weighted by atomic mass is 127. The summed E-state index contributed by atoms with van der Waals surface area (Å²) < 4.78 is 5.13. The minimum absolute atomic E-state index is 0. The van der Waals surface area contributed by atoms with E-state index in [9.17, 15) is 0 Å². The zero-order valence-corrected chi connectivity index (χ0v) is 15.7. The average Bonchev–Trinajstić information content (AvgIpc) is 3.09. The van der Waals surface area contributed by atoms with Crippen LogP contribution in [0, 0.1) is 18.8 Å². The van der Waals surface area contributed by atoms with Crippen molar-refractivity contribution in [1.29, 1.82) is 0 Å². The summed E-state index contributed by atoms with van der Waals surface area (Å²) in [6.45, 7) is 4.93. The molecule has 0 spiro atoms. The van der Waals surface area contributed by atoms with E-state index in [0.29, 0.717) is 11.7 Å². The summed E-state index contributed by atoms with van der Waals surface area (Å²) in [5.41, 5.74) is 0. The summed E-state index contributed by atoms with van der Waals surface area (Å²) in [5.74, 6) is 4.14. The second kappa shape index (κ2) is 8.12. The third kappa shape index (κ3) is 4.11. The van der Waals surface area contributed by atoms with Crippen LogP contribution in [-0.4, -0.2) is 47.7 Å². The van der Waals surface area contributed by atoms with Crippen molar-refractivity contribution in [3.8, 4) is 0 Å². The molecule has 1 aromatic heterocycles. The van der Waals surface area contributed by atoms with Crippen molar-refractivity contribution in [3.05, 3.63) is 11.7 Å². The van der Waals surface area contributed by atoms with Crippen LogP contribution in [0.3, 0.4) is 0 Å². The van der Waals surface area contributed by atoms with E-state index in [1.54, 1.807) is 0 Å². The number of hydrogen-bond acceptors (Lipinski definition) is 4. The summed E-state index contributed by atoms with van der Waals surface area (Å²) in [7, 11) is 1.86. The fraction of sp³-hybridized carbons (Fsp3) is 0.800. The van der Waals surface area contributed by atoms with Crippen molar-refractivity contribution in [2.45, 2.75) is 39.0 Å². The fourth-order valence-corrected chi connectivity index (χ4v) is 3.63. The smallest absolute Gasteiger partial charge is 0.228 e. The molecule has 2 unspecified atom stereocenters. The van der Waals surface area contributed by atoms with Crippen LogP contribution in [0.15, 0.2) is 9.52 Å². The number of aromatic nitrogens is 2. The second-order valence-electron chi connectivity index (χ2n) is 6.17. The summed E-state index contributed by atoms with van der Waals surface area (Å²) in [6, 6.07) is 0. The molecule has 6 nitrogen and oxygen atoms in total. The largest absolute Gasteiger partial charge is 0.356 e. The Morgan fingerprint density at radius 3 is 2.55 bits per heavy atom. The molecule has 1 aliphatic carbocycles. The average molecular weight is 419 g/mol. The summed E-state index contributed by atoms with van der Waals surface area (Å²) >= 11 is 0. The molecule has 22 heavy (non-hydrogen) atoms. The molecule has 0 amide bonds. The number of aryl methyl sites for hydroxylation is 1. The maximum Gasteiger partial charge on any atom is 0.228 e. The maximum absolute atomic E-state index is 5.13. The van der Waals surface area contributed by atoms with E-state index in [-0.39, 0.29) is 24.0 Å². The van der Waals surface area contributed by atoms with Crippen LogP contribution in [0.1, 0.15) is 37.4 Å². The van der Waals surface area contributed by atoms with Gasteiger partial charge in [-0.05, 0) is 31.6 Å². The number of fused-ring (bicyclic) bond motifs is 1. The molecule has 0 bridgehead atoms. The second-order valence-corrected chi connectivity index (χ2v) is 6.17. The van der Waals surface area contributed by atoms with Crippen LogP contribution >= 0.6 is 24.0 Å². The fourth-order valence-electron chi connectivity index (χ4n) is 3.63. The van der Waals surface area contributed by atoms with Gasteiger partial charge in [0.15, 0.2) is 11.8 Å². The molecule has 1 saturated heterocycles. The Labute approximate surface area is 149 Å². The molecule has 1 aromatic rings. The third-order valence-corrected chi connectivity index (χ3v) is 4.68. The van der Waals surface area contributed by atoms with Crippen LogP contribution in [0.25, 0.3) is 0 Å². The number of halogens is 1. The van der Waals surface area contributed by atoms with Gasteiger partial charge in [0, 0.05) is 33.1 Å². The van der Waals surface area contributed by atoms with Gasteiger partial charge in [-0.15, -0.1) is 24.0 Å². The zero-order valence-electron chi connectivity index (χ0n) is 13.4. The summed E-state index contributed by atoms with van der Waals surface area (Å²) in [4.78, 5) is 11.1. The number of nitrogens with zero attached hydrogens (tertiary/aromatic N) is 4. The van der Waals surface area contributed by atoms with Crippen molar-refractivity contribution >= 4 is 29.9 Å². The quantitative estimate of drug-likeness (QED) is 0.463. The molecule has 1 aliphatic heterocycles. The molecular formula is C15H26IN5O. The lowest BCUT2D eigenvalue weighted by atomic mass is 9.82. The van der Waals surface area contributed by atoms with E-state index in [2.05, 4.69) is 25.3 Å². The van der Waals surface area contributed by atoms with E-state index < -0.39 is 0 Å². The first-order valence-corrected chi connectivity index (χ1v) is 8.01. The third-order valence-electron chi connectivity index (χ3n) is 4.68. The molecule has 2 fully saturated rings. The van der Waals surface area contributed by atoms with Gasteiger partial charge in [0.25, 0.3) is 0 Å². The highest BCUT2D eigenvalue weighted by Crippen LogP contribution is 2.35. The number of aliphatic imine (C=N–C) groups is 1. The van der Waals surface area contributed by atoms with Crippen molar-refractivity contribution in [3.63, 3.8) is 0 Å². The molecule has 2 aliphatic rings. The molecule has 7 heteroatoms. The minimum atomic E-state index is 0. The Bertz CT molecular complexity index is 490. The van der Waals surface area contributed by atoms with E-state index in [0.717, 1.165) is 43.9 Å². The predicted octanol–water partition coefficient (Wildman–Crippen LogP) is 2.24. The molecule has 0 aromatic carbocycles. The lowest BCUT2D eigenvalue weighted by molar-refractivity contribution is 0.299. The van der Waals surface area contributed by atoms with Gasteiger partial charge in [0.1, 0.15) is 0 Å². The van der Waals surface area contributed by atoms with Crippen LogP contribution < -0.4 is 5.32 Å². The Morgan fingerprint density at radius 2 is 2.00 bits per heavy atom. The molecule has 1 saturated carbocycles. The first-order valence-electron chi connectivity index (χ1n) is 8.01. The topological polar surface area (TPSA) is 66.5 Å². The van der Waals surface area contributed by atoms with E-state index in [1.807, 2.05) is 14.0 Å². The number of rotatable bonds is 3. The molecular weight excluding hydrogens is 393 g/mol. The van der Waals surface area contributed by atoms with Crippen LogP contribution in [0.5, 0.6) is 0 Å². The van der Waals surface area contributed by atoms with Crippen molar-refractivity contribution < 1.29 is 4.52 Å². The minimum Gasteiger partial charge on any atom is -0.356 e. The van der Waals surface area contributed by atoms with E-state index in [4.69, 9.17) is 4.52 Å². The highest BCUT2D eigenvalue weighted by Gasteiger charge is 2.35. The predicted molar refractivity (Wildman–Crippen MR) is 96.5 cm³/mol. The highest BCUT2D eigenvalue weighted by molar-refractivity contribution is 14.0. The molecule has 1 N–H and O–H groups in total. The lowest BCUT2D eigenvalue weighted by Crippen LogP contribution is -2.41. The Morgan fingerprint density at radius 1 is 1.32 bits per heavy atom. The Hall–Kier alpha value is -0.860. The van der Waals surface area contributed by atoms with Crippen molar-refractivity contribution in [2.75, 3.05) is 26.7 Å². The SMILES string of the molecule is CN=C(NCCc1nc(C)no1)N1CC2CCCCC2C1.I. The van der Waals surface area contributed by atoms with Crippen molar-refractivity contribution in [2.24, 2.45) is 16.8 Å². The molecule has 2 heterocycles. The summed E-state index contributed by atoms with van der Waals surface area (Å²) in [6.07, 6.45) is 6.31. The van der Waals surface area contributed by atoms with Gasteiger partial charge in [-0.25, -0.2) is 0 Å². The monoisotopic (exact) mass is 419 g/mol. The van der Waals surface area contributed by atoms with Gasteiger partial charge < -0.3 is 14.7 Å². The normalized spacial score (nSPS) is 24.8. The Kier molecular flexibility index (Phi) is 6.46. The molecule has 2 atom stereocenters. The van der Waals surface area contributed by atoms with E-state index in [1.165, 1.54) is 25.7 Å². The van der Waals surface area contributed by atoms with Gasteiger partial charge in [0.2, 0.25) is 5.89 Å². The first kappa shape index (κ1) is 17.5. The van der Waals surface area contributed by atoms with Gasteiger partial charge in [-0.1, -0.05) is 18.0 Å². The first-order chi connectivity index (χ1) is 10.3. The van der Waals surface area contributed by atoms with Gasteiger partial charge in [0.05, 0.1) is 0 Å². The van der Waals surface area contributed by atoms with Crippen molar-refractivity contribution in [1.82, 2.24) is 20.4 Å². The van der Waals surface area contributed by atoms with Gasteiger partial charge >= 0.3 is 0 Å². The van der Waals surface area contributed by atoms with Crippen LogP contribution in [-0.2, 0) is 6.42 Å². The standard InChI is InChI=1S/C15H25N5O.HI/c1-11-18-14(21-19-11)7-8-17-15(16-2)20-9-12-5-3-4-6-13(12)10-20;/h12-13H,3-10H2,1-2H3,(H,16,17);1H. The molecule has 124 valence electrons. The number of likely N-dealkylation sites (tertiary alicyclic amines) is 1. The zero-order chi connectivity index (χ0) is 14.7.